The zero-order valence-electron chi connectivity index (χ0n) is 16.7. The third-order valence-corrected chi connectivity index (χ3v) is 5.39. The lowest BCUT2D eigenvalue weighted by Crippen LogP contribution is -2.22. The summed E-state index contributed by atoms with van der Waals surface area (Å²) in [6.45, 7) is 3.14. The number of pyridine rings is 1. The van der Waals surface area contributed by atoms with Crippen LogP contribution < -0.4 is 5.32 Å². The van der Waals surface area contributed by atoms with Gasteiger partial charge in [0.1, 0.15) is 5.65 Å². The van der Waals surface area contributed by atoms with Crippen molar-refractivity contribution in [1.82, 2.24) is 19.3 Å². The van der Waals surface area contributed by atoms with Crippen LogP contribution in [0, 0.1) is 6.92 Å². The first-order valence-electron chi connectivity index (χ1n) is 10.0. The quantitative estimate of drug-likeness (QED) is 0.475. The maximum absolute atomic E-state index is 13.0. The second-order valence-electron chi connectivity index (χ2n) is 7.51. The minimum absolute atomic E-state index is 0.0909. The molecule has 3 aromatic heterocycles. The highest BCUT2D eigenvalue weighted by molar-refractivity contribution is 6.07. The van der Waals surface area contributed by atoms with Crippen LogP contribution >= 0.6 is 0 Å². The normalized spacial score (nSPS) is 11.2. The van der Waals surface area contributed by atoms with E-state index in [9.17, 15) is 4.79 Å². The van der Waals surface area contributed by atoms with E-state index in [1.807, 2.05) is 78.4 Å². The summed E-state index contributed by atoms with van der Waals surface area (Å²) in [6, 6.07) is 22.3. The third kappa shape index (κ3) is 3.35. The Balaban J connectivity index is 1.41. The number of nitrogens with one attached hydrogen (secondary N) is 1. The fraction of sp³-hybridized carbons (Fsp3) is 0.120. The molecule has 1 amide bonds. The number of nitrogens with zero attached hydrogens (tertiary/aromatic N) is 3. The monoisotopic (exact) mass is 394 g/mol. The second-order valence-corrected chi connectivity index (χ2v) is 7.51. The van der Waals surface area contributed by atoms with Crippen molar-refractivity contribution >= 4 is 22.5 Å². The van der Waals surface area contributed by atoms with Crippen molar-refractivity contribution in [2.24, 2.45) is 0 Å². The number of aryl methyl sites for hydroxylation is 1. The lowest BCUT2D eigenvalue weighted by Gasteiger charge is -2.05. The molecule has 0 fully saturated rings. The Bertz CT molecular complexity index is 1350. The number of benzene rings is 2. The molecule has 5 heteroatoms. The molecule has 148 valence electrons. The standard InChI is InChI=1S/C25H22N4O/c1-18-8-7-13-28-16-20(27-24(18)28)14-26-25(30)22-17-29(15-19-9-3-2-4-10-19)23-12-6-5-11-21(22)23/h2-13,16-17H,14-15H2,1H3,(H,26,30). The molecule has 0 unspecified atom stereocenters. The molecule has 5 aromatic rings. The molecule has 3 heterocycles. The Morgan fingerprint density at radius 2 is 1.77 bits per heavy atom. The van der Waals surface area contributed by atoms with Crippen molar-refractivity contribution in [3.63, 3.8) is 0 Å². The van der Waals surface area contributed by atoms with Crippen molar-refractivity contribution in [2.45, 2.75) is 20.0 Å². The number of carbonyl (C=O) groups excluding carboxylic acids is 1. The van der Waals surface area contributed by atoms with Crippen LogP contribution in [0.2, 0.25) is 0 Å². The largest absolute Gasteiger partial charge is 0.346 e. The zero-order valence-corrected chi connectivity index (χ0v) is 16.7. The molecule has 0 aliphatic rings. The number of hydrogen-bond acceptors (Lipinski definition) is 2. The Morgan fingerprint density at radius 3 is 2.60 bits per heavy atom. The number of hydrogen-bond donors (Lipinski definition) is 1. The summed E-state index contributed by atoms with van der Waals surface area (Å²) >= 11 is 0. The summed E-state index contributed by atoms with van der Waals surface area (Å²) in [5, 5.41) is 3.99. The molecule has 5 rings (SSSR count). The van der Waals surface area contributed by atoms with Gasteiger partial charge in [0, 0.05) is 36.0 Å². The average Bonchev–Trinajstić information content (AvgIpc) is 3.36. The first kappa shape index (κ1) is 18.2. The van der Waals surface area contributed by atoms with Gasteiger partial charge in [0.25, 0.3) is 5.91 Å². The number of aromatic nitrogens is 3. The van der Waals surface area contributed by atoms with E-state index in [-0.39, 0.29) is 5.91 Å². The van der Waals surface area contributed by atoms with Crippen LogP contribution in [0.3, 0.4) is 0 Å². The number of imidazole rings is 1. The summed E-state index contributed by atoms with van der Waals surface area (Å²) < 4.78 is 4.12. The topological polar surface area (TPSA) is 51.3 Å². The number of fused-ring (bicyclic) bond motifs is 2. The van der Waals surface area contributed by atoms with E-state index in [4.69, 9.17) is 0 Å². The van der Waals surface area contributed by atoms with Gasteiger partial charge in [0.05, 0.1) is 17.8 Å². The van der Waals surface area contributed by atoms with Gasteiger partial charge in [-0.1, -0.05) is 54.6 Å². The fourth-order valence-corrected chi connectivity index (χ4v) is 3.89. The van der Waals surface area contributed by atoms with Crippen LogP contribution in [0.4, 0.5) is 0 Å². The Morgan fingerprint density at radius 1 is 0.967 bits per heavy atom. The summed E-state index contributed by atoms with van der Waals surface area (Å²) in [4.78, 5) is 17.7. The Kier molecular flexibility index (Phi) is 4.56. The van der Waals surface area contributed by atoms with Crippen LogP contribution in [0.15, 0.2) is 85.3 Å². The van der Waals surface area contributed by atoms with Crippen LogP contribution in [-0.4, -0.2) is 19.9 Å². The molecule has 0 spiro atoms. The first-order valence-corrected chi connectivity index (χ1v) is 10.0. The van der Waals surface area contributed by atoms with Gasteiger partial charge in [-0.15, -0.1) is 0 Å². The second kappa shape index (κ2) is 7.52. The van der Waals surface area contributed by atoms with Gasteiger partial charge in [0.2, 0.25) is 0 Å². The van der Waals surface area contributed by atoms with Crippen molar-refractivity contribution < 1.29 is 4.79 Å². The molecule has 0 aliphatic carbocycles. The lowest BCUT2D eigenvalue weighted by atomic mass is 10.1. The van der Waals surface area contributed by atoms with Crippen LogP contribution in [0.5, 0.6) is 0 Å². The Labute approximate surface area is 174 Å². The zero-order chi connectivity index (χ0) is 20.5. The molecule has 5 nitrogen and oxygen atoms in total. The summed E-state index contributed by atoms with van der Waals surface area (Å²) in [5.41, 5.74) is 5.80. The van der Waals surface area contributed by atoms with Crippen molar-refractivity contribution in [2.75, 3.05) is 0 Å². The highest BCUT2D eigenvalue weighted by Gasteiger charge is 2.15. The molecule has 0 saturated heterocycles. The SMILES string of the molecule is Cc1cccn2cc(CNC(=O)c3cn(Cc4ccccc4)c4ccccc34)nc12. The summed E-state index contributed by atoms with van der Waals surface area (Å²) in [6.07, 6.45) is 5.87. The summed E-state index contributed by atoms with van der Waals surface area (Å²) in [5.74, 6) is -0.0909. The number of para-hydroxylation sites is 1. The van der Waals surface area contributed by atoms with Gasteiger partial charge in [-0.25, -0.2) is 4.98 Å². The van der Waals surface area contributed by atoms with Gasteiger partial charge in [-0.05, 0) is 30.2 Å². The maximum atomic E-state index is 13.0. The van der Waals surface area contributed by atoms with Gasteiger partial charge in [-0.2, -0.15) is 0 Å². The maximum Gasteiger partial charge on any atom is 0.253 e. The molecule has 30 heavy (non-hydrogen) atoms. The van der Waals surface area contributed by atoms with Gasteiger partial charge in [0.15, 0.2) is 0 Å². The number of rotatable bonds is 5. The molecule has 0 bridgehead atoms. The molecular weight excluding hydrogens is 372 g/mol. The molecule has 1 N–H and O–H groups in total. The molecule has 0 atom stereocenters. The summed E-state index contributed by atoms with van der Waals surface area (Å²) in [7, 11) is 0. The van der Waals surface area contributed by atoms with Crippen LogP contribution in [0.1, 0.15) is 27.2 Å². The lowest BCUT2D eigenvalue weighted by molar-refractivity contribution is 0.0952. The van der Waals surface area contributed by atoms with E-state index in [2.05, 4.69) is 33.1 Å². The highest BCUT2D eigenvalue weighted by atomic mass is 16.1. The van der Waals surface area contributed by atoms with Gasteiger partial charge in [-0.3, -0.25) is 4.79 Å². The fourth-order valence-electron chi connectivity index (χ4n) is 3.89. The first-order chi connectivity index (χ1) is 14.7. The van der Waals surface area contributed by atoms with Crippen molar-refractivity contribution in [3.05, 3.63) is 108 Å². The van der Waals surface area contributed by atoms with Gasteiger partial charge < -0.3 is 14.3 Å². The van der Waals surface area contributed by atoms with Crippen LogP contribution in [0.25, 0.3) is 16.6 Å². The van der Waals surface area contributed by atoms with E-state index in [0.717, 1.165) is 34.4 Å². The molecule has 0 aliphatic heterocycles. The van der Waals surface area contributed by atoms with E-state index in [1.54, 1.807) is 0 Å². The van der Waals surface area contributed by atoms with E-state index in [0.29, 0.717) is 12.1 Å². The number of amides is 1. The predicted octanol–water partition coefficient (Wildman–Crippen LogP) is 4.58. The van der Waals surface area contributed by atoms with E-state index in [1.165, 1.54) is 5.56 Å². The van der Waals surface area contributed by atoms with Crippen molar-refractivity contribution in [3.8, 4) is 0 Å². The third-order valence-electron chi connectivity index (χ3n) is 5.39. The molecule has 0 saturated carbocycles. The predicted molar refractivity (Wildman–Crippen MR) is 119 cm³/mol. The van der Waals surface area contributed by atoms with E-state index < -0.39 is 0 Å². The minimum Gasteiger partial charge on any atom is -0.346 e. The molecule has 0 radical (unpaired) electrons. The minimum atomic E-state index is -0.0909. The molecular formula is C25H22N4O. The number of carbonyl (C=O) groups is 1. The highest BCUT2D eigenvalue weighted by Crippen LogP contribution is 2.22. The smallest absolute Gasteiger partial charge is 0.253 e. The van der Waals surface area contributed by atoms with Crippen LogP contribution in [-0.2, 0) is 13.1 Å². The average molecular weight is 394 g/mol. The Hall–Kier alpha value is -3.86. The molecule has 2 aromatic carbocycles. The van der Waals surface area contributed by atoms with Gasteiger partial charge >= 0.3 is 0 Å². The van der Waals surface area contributed by atoms with Crippen molar-refractivity contribution in [1.29, 1.82) is 0 Å². The van der Waals surface area contributed by atoms with E-state index >= 15 is 0 Å².